The summed E-state index contributed by atoms with van der Waals surface area (Å²) in [6.07, 6.45) is -1.49. The number of hydrogen-bond acceptors (Lipinski definition) is 8. The summed E-state index contributed by atoms with van der Waals surface area (Å²) in [6, 6.07) is 17.3. The normalized spacial score (nSPS) is 24.0. The molecule has 30 heavy (non-hydrogen) atoms. The van der Waals surface area contributed by atoms with Crippen LogP contribution < -0.4 is 9.47 Å². The van der Waals surface area contributed by atoms with Crippen molar-refractivity contribution in [3.05, 3.63) is 58.7 Å². The molecule has 8 nitrogen and oxygen atoms in total. The van der Waals surface area contributed by atoms with E-state index in [4.69, 9.17) is 40.0 Å². The van der Waals surface area contributed by atoms with Crippen LogP contribution in [-0.2, 0) is 9.47 Å². The highest BCUT2D eigenvalue weighted by molar-refractivity contribution is 5.50. The minimum absolute atomic E-state index is 0.244. The van der Waals surface area contributed by atoms with Crippen molar-refractivity contribution in [1.82, 2.24) is 0 Å². The maximum absolute atomic E-state index is 9.17. The van der Waals surface area contributed by atoms with Crippen molar-refractivity contribution in [1.29, 1.82) is 21.0 Å². The summed E-state index contributed by atoms with van der Waals surface area (Å²) in [7, 11) is 0. The molecule has 2 aliphatic rings. The van der Waals surface area contributed by atoms with E-state index in [1.54, 1.807) is 24.3 Å². The molecule has 2 heterocycles. The Bertz CT molecular complexity index is 1060. The van der Waals surface area contributed by atoms with Gasteiger partial charge in [0.1, 0.15) is 48.0 Å². The van der Waals surface area contributed by atoms with E-state index in [1.807, 2.05) is 24.3 Å². The molecular weight excluding hydrogens is 384 g/mol. The first-order valence-electron chi connectivity index (χ1n) is 9.12. The second kappa shape index (κ2) is 8.11. The molecule has 2 aliphatic heterocycles. The van der Waals surface area contributed by atoms with Gasteiger partial charge in [-0.05, 0) is 36.4 Å². The Morgan fingerprint density at radius 2 is 1.03 bits per heavy atom. The molecule has 0 amide bonds. The minimum Gasteiger partial charge on any atom is -0.485 e. The molecule has 4 rings (SSSR count). The Balaban J connectivity index is 1.44. The standard InChI is InChI=1S/C22H14N4O4/c23-7-13-1-3-17(5-15(13)9-25)29-19-11-27-22-20(12-28-21(19)22)30-18-4-2-14(8-24)16(6-18)10-26/h1-6,19-22H,11-12H2. The second-order valence-electron chi connectivity index (χ2n) is 6.77. The van der Waals surface area contributed by atoms with Crippen molar-refractivity contribution >= 4 is 0 Å². The van der Waals surface area contributed by atoms with E-state index in [2.05, 4.69) is 0 Å². The fourth-order valence-electron chi connectivity index (χ4n) is 3.55. The average Bonchev–Trinajstić information content (AvgIpc) is 3.36. The molecule has 0 saturated carbocycles. The molecule has 2 saturated heterocycles. The zero-order valence-corrected chi connectivity index (χ0v) is 15.6. The predicted octanol–water partition coefficient (Wildman–Crippen LogP) is 2.17. The highest BCUT2D eigenvalue weighted by Crippen LogP contribution is 2.33. The monoisotopic (exact) mass is 398 g/mol. The first-order chi connectivity index (χ1) is 14.7. The van der Waals surface area contributed by atoms with Crippen molar-refractivity contribution in [2.45, 2.75) is 24.4 Å². The predicted molar refractivity (Wildman–Crippen MR) is 100 cm³/mol. The van der Waals surface area contributed by atoms with Gasteiger partial charge >= 0.3 is 0 Å². The van der Waals surface area contributed by atoms with Crippen molar-refractivity contribution in [3.63, 3.8) is 0 Å². The lowest BCUT2D eigenvalue weighted by molar-refractivity contribution is 0.0181. The molecule has 0 radical (unpaired) electrons. The lowest BCUT2D eigenvalue weighted by Gasteiger charge is -2.19. The summed E-state index contributed by atoms with van der Waals surface area (Å²) in [5.74, 6) is 0.914. The summed E-state index contributed by atoms with van der Waals surface area (Å²) in [5.41, 5.74) is 1.06. The molecule has 2 fully saturated rings. The first kappa shape index (κ1) is 19.2. The minimum atomic E-state index is -0.390. The Hall–Kier alpha value is -4.08. The maximum Gasteiger partial charge on any atom is 0.151 e. The van der Waals surface area contributed by atoms with E-state index in [-0.39, 0.29) is 47.7 Å². The van der Waals surface area contributed by atoms with Crippen LogP contribution in [0.3, 0.4) is 0 Å². The van der Waals surface area contributed by atoms with Crippen molar-refractivity contribution in [2.24, 2.45) is 0 Å². The molecular formula is C22H14N4O4. The second-order valence-corrected chi connectivity index (χ2v) is 6.77. The topological polar surface area (TPSA) is 132 Å². The van der Waals surface area contributed by atoms with Gasteiger partial charge in [0.05, 0.1) is 35.5 Å². The fourth-order valence-corrected chi connectivity index (χ4v) is 3.55. The van der Waals surface area contributed by atoms with Gasteiger partial charge in [0.25, 0.3) is 0 Å². The average molecular weight is 398 g/mol. The van der Waals surface area contributed by atoms with E-state index >= 15 is 0 Å². The summed E-state index contributed by atoms with van der Waals surface area (Å²) >= 11 is 0. The van der Waals surface area contributed by atoms with Crippen LogP contribution in [0, 0.1) is 45.3 Å². The summed E-state index contributed by atoms with van der Waals surface area (Å²) < 4.78 is 23.6. The Labute approximate surface area is 172 Å². The van der Waals surface area contributed by atoms with Gasteiger partial charge < -0.3 is 18.9 Å². The van der Waals surface area contributed by atoms with Crippen LogP contribution in [0.5, 0.6) is 11.5 Å². The van der Waals surface area contributed by atoms with Gasteiger partial charge in [-0.25, -0.2) is 0 Å². The Morgan fingerprint density at radius 3 is 1.40 bits per heavy atom. The molecule has 0 N–H and O–H groups in total. The SMILES string of the molecule is N#Cc1ccc(OC2COC3C(Oc4ccc(C#N)c(C#N)c4)COC23)cc1C#N. The quantitative estimate of drug-likeness (QED) is 0.765. The molecule has 0 spiro atoms. The third kappa shape index (κ3) is 3.50. The van der Waals surface area contributed by atoms with Crippen LogP contribution in [0.4, 0.5) is 0 Å². The van der Waals surface area contributed by atoms with Crippen LogP contribution in [0.2, 0.25) is 0 Å². The number of hydrogen-bond donors (Lipinski definition) is 0. The third-order valence-electron chi connectivity index (χ3n) is 5.00. The van der Waals surface area contributed by atoms with Crippen molar-refractivity contribution < 1.29 is 18.9 Å². The fraction of sp³-hybridized carbons (Fsp3) is 0.273. The molecule has 4 unspecified atom stereocenters. The van der Waals surface area contributed by atoms with Crippen molar-refractivity contribution in [3.8, 4) is 35.8 Å². The largest absolute Gasteiger partial charge is 0.485 e. The summed E-state index contributed by atoms with van der Waals surface area (Å²) in [4.78, 5) is 0. The Morgan fingerprint density at radius 1 is 0.633 bits per heavy atom. The van der Waals surface area contributed by atoms with Gasteiger partial charge in [0, 0.05) is 0 Å². The number of benzene rings is 2. The zero-order chi connectivity index (χ0) is 21.1. The molecule has 4 atom stereocenters. The number of rotatable bonds is 4. The van der Waals surface area contributed by atoms with Crippen LogP contribution in [-0.4, -0.2) is 37.6 Å². The molecule has 0 aromatic heterocycles. The third-order valence-corrected chi connectivity index (χ3v) is 5.00. The number of ether oxygens (including phenoxy) is 4. The van der Waals surface area contributed by atoms with Gasteiger partial charge in [-0.3, -0.25) is 0 Å². The molecule has 2 aromatic rings. The van der Waals surface area contributed by atoms with Crippen LogP contribution >= 0.6 is 0 Å². The van der Waals surface area contributed by atoms with Gasteiger partial charge in [-0.15, -0.1) is 0 Å². The van der Waals surface area contributed by atoms with Gasteiger partial charge in [0.15, 0.2) is 12.2 Å². The van der Waals surface area contributed by atoms with E-state index in [0.29, 0.717) is 11.5 Å². The summed E-state index contributed by atoms with van der Waals surface area (Å²) in [5, 5.41) is 36.4. The zero-order valence-electron chi connectivity index (χ0n) is 15.6. The molecule has 8 heteroatoms. The van der Waals surface area contributed by atoms with Gasteiger partial charge in [0.2, 0.25) is 0 Å². The van der Waals surface area contributed by atoms with E-state index in [1.165, 1.54) is 12.1 Å². The van der Waals surface area contributed by atoms with Crippen LogP contribution in [0.15, 0.2) is 36.4 Å². The van der Waals surface area contributed by atoms with Crippen LogP contribution in [0.25, 0.3) is 0 Å². The number of fused-ring (bicyclic) bond motifs is 1. The Kier molecular flexibility index (Phi) is 5.21. The lowest BCUT2D eigenvalue weighted by Crippen LogP contribution is -2.36. The molecule has 2 aromatic carbocycles. The maximum atomic E-state index is 9.17. The lowest BCUT2D eigenvalue weighted by atomic mass is 10.1. The highest BCUT2D eigenvalue weighted by Gasteiger charge is 2.50. The van der Waals surface area contributed by atoms with E-state index in [0.717, 1.165) is 0 Å². The van der Waals surface area contributed by atoms with Gasteiger partial charge in [-0.1, -0.05) is 0 Å². The molecule has 0 aliphatic carbocycles. The smallest absolute Gasteiger partial charge is 0.151 e. The molecule has 146 valence electrons. The first-order valence-corrected chi connectivity index (χ1v) is 9.12. The van der Waals surface area contributed by atoms with E-state index < -0.39 is 12.2 Å². The van der Waals surface area contributed by atoms with Crippen molar-refractivity contribution in [2.75, 3.05) is 13.2 Å². The highest BCUT2D eigenvalue weighted by atomic mass is 16.6. The number of nitrogens with zero attached hydrogens (tertiary/aromatic N) is 4. The van der Waals surface area contributed by atoms with Crippen LogP contribution in [0.1, 0.15) is 22.3 Å². The molecule has 0 bridgehead atoms. The van der Waals surface area contributed by atoms with E-state index in [9.17, 15) is 0 Å². The summed E-state index contributed by atoms with van der Waals surface area (Å²) in [6.45, 7) is 0.571. The van der Waals surface area contributed by atoms with Gasteiger partial charge in [-0.2, -0.15) is 21.0 Å². The number of nitriles is 4.